The van der Waals surface area contributed by atoms with Crippen LogP contribution in [-0.4, -0.2) is 0 Å². The molecule has 0 fully saturated rings. The molecule has 0 amide bonds. The first-order valence-corrected chi connectivity index (χ1v) is 18.3. The Labute approximate surface area is 256 Å². The van der Waals surface area contributed by atoms with Crippen molar-refractivity contribution in [3.05, 3.63) is 12.7 Å². The molecule has 40 heavy (non-hydrogen) atoms. The van der Waals surface area contributed by atoms with E-state index in [9.17, 15) is 0 Å². The van der Waals surface area contributed by atoms with Crippen molar-refractivity contribution < 1.29 is 0 Å². The zero-order chi connectivity index (χ0) is 31.1. The molecule has 0 aromatic rings. The minimum atomic E-state index is 0.421. The lowest BCUT2D eigenvalue weighted by molar-refractivity contribution is -0.0109. The molecule has 0 aliphatic rings. The van der Waals surface area contributed by atoms with Crippen LogP contribution in [-0.2, 0) is 0 Å². The van der Waals surface area contributed by atoms with Crippen LogP contribution in [0.2, 0.25) is 0 Å². The second kappa shape index (κ2) is 19.1. The van der Waals surface area contributed by atoms with E-state index in [0.29, 0.717) is 16.2 Å². The van der Waals surface area contributed by atoms with Gasteiger partial charge >= 0.3 is 0 Å². The molecule has 0 heteroatoms. The lowest BCUT2D eigenvalue weighted by atomic mass is 9.54. The summed E-state index contributed by atoms with van der Waals surface area (Å²) < 4.78 is 0. The van der Waals surface area contributed by atoms with Crippen molar-refractivity contribution in [2.45, 2.75) is 187 Å². The van der Waals surface area contributed by atoms with Gasteiger partial charge in [-0.2, -0.15) is 0 Å². The predicted octanol–water partition coefficient (Wildman–Crippen LogP) is 14.2. The molecule has 0 aromatic heterocycles. The molecule has 7 atom stereocenters. The van der Waals surface area contributed by atoms with E-state index >= 15 is 0 Å². The SMILES string of the molecule is C=CCC(C)C(C)CC(C)C(CC(C)C(CC)(CCC)CC(C)(C)CC)C(CC)(CCC(C)C)CC(CC)CC. The summed E-state index contributed by atoms with van der Waals surface area (Å²) in [5.74, 6) is 5.46. The fraction of sp³-hybridized carbons (Fsp3) is 0.950. The smallest absolute Gasteiger partial charge is 0.0266 e. The van der Waals surface area contributed by atoms with Crippen LogP contribution in [0.15, 0.2) is 12.7 Å². The van der Waals surface area contributed by atoms with Crippen LogP contribution in [0.5, 0.6) is 0 Å². The molecule has 0 saturated heterocycles. The molecule has 0 aromatic carbocycles. The Morgan fingerprint density at radius 1 is 0.675 bits per heavy atom. The van der Waals surface area contributed by atoms with Crippen LogP contribution in [0, 0.1) is 57.7 Å². The van der Waals surface area contributed by atoms with Gasteiger partial charge in [-0.25, -0.2) is 0 Å². The van der Waals surface area contributed by atoms with Gasteiger partial charge in [0.1, 0.15) is 0 Å². The molecule has 0 heterocycles. The molecule has 0 radical (unpaired) electrons. The van der Waals surface area contributed by atoms with E-state index in [-0.39, 0.29) is 0 Å². The number of hydrogen-bond acceptors (Lipinski definition) is 0. The van der Waals surface area contributed by atoms with Crippen LogP contribution < -0.4 is 0 Å². The Kier molecular flexibility index (Phi) is 19.0. The van der Waals surface area contributed by atoms with Crippen LogP contribution >= 0.6 is 0 Å². The van der Waals surface area contributed by atoms with Crippen molar-refractivity contribution in [3.63, 3.8) is 0 Å². The predicted molar refractivity (Wildman–Crippen MR) is 186 cm³/mol. The molecule has 0 saturated carbocycles. The van der Waals surface area contributed by atoms with Crippen molar-refractivity contribution in [2.75, 3.05) is 0 Å². The highest BCUT2D eigenvalue weighted by molar-refractivity contribution is 4.96. The molecule has 0 N–H and O–H groups in total. The summed E-state index contributed by atoms with van der Waals surface area (Å²) in [7, 11) is 0. The minimum absolute atomic E-state index is 0.421. The maximum atomic E-state index is 4.07. The molecule has 0 rings (SSSR count). The lowest BCUT2D eigenvalue weighted by Gasteiger charge is -2.51. The molecule has 0 spiro atoms. The standard InChI is InChI=1S/C40H80/c1-16-23-32(10)33(11)27-34(12)37(39(21-6,26-24-31(8)9)29-36(18-3)19-4)28-35(13)40(22-7,25-17-2)30-38(14,15)20-5/h16,31-37H,1,17-30H2,2-15H3. The molecule has 0 bridgehead atoms. The molecular weight excluding hydrogens is 480 g/mol. The Balaban J connectivity index is 6.83. The Hall–Kier alpha value is -0.260. The van der Waals surface area contributed by atoms with E-state index < -0.39 is 0 Å². The van der Waals surface area contributed by atoms with Gasteiger partial charge < -0.3 is 0 Å². The number of rotatable bonds is 24. The molecule has 240 valence electrons. The zero-order valence-corrected chi connectivity index (χ0v) is 30.7. The van der Waals surface area contributed by atoms with Gasteiger partial charge in [-0.1, -0.05) is 148 Å². The van der Waals surface area contributed by atoms with E-state index in [2.05, 4.69) is 110 Å². The van der Waals surface area contributed by atoms with Crippen molar-refractivity contribution in [1.29, 1.82) is 0 Å². The second-order valence-corrected chi connectivity index (χ2v) is 16.1. The van der Waals surface area contributed by atoms with Gasteiger partial charge in [0.05, 0.1) is 0 Å². The first-order valence-electron chi connectivity index (χ1n) is 18.3. The molecule has 0 aliphatic carbocycles. The summed E-state index contributed by atoms with van der Waals surface area (Å²) in [6.07, 6.45) is 21.0. The third-order valence-corrected chi connectivity index (χ3v) is 12.4. The highest BCUT2D eigenvalue weighted by Gasteiger charge is 2.45. The van der Waals surface area contributed by atoms with Gasteiger partial charge in [0.25, 0.3) is 0 Å². The highest BCUT2D eigenvalue weighted by Crippen LogP contribution is 2.55. The van der Waals surface area contributed by atoms with Crippen LogP contribution in [0.25, 0.3) is 0 Å². The van der Waals surface area contributed by atoms with Crippen molar-refractivity contribution in [3.8, 4) is 0 Å². The summed E-state index contributed by atoms with van der Waals surface area (Å²) in [5.41, 5.74) is 1.34. The quantitative estimate of drug-likeness (QED) is 0.103. The molecule has 0 aliphatic heterocycles. The summed E-state index contributed by atoms with van der Waals surface area (Å²) in [6.45, 7) is 39.2. The summed E-state index contributed by atoms with van der Waals surface area (Å²) >= 11 is 0. The Bertz CT molecular complexity index is 638. The zero-order valence-electron chi connectivity index (χ0n) is 30.7. The molecular formula is C40H80. The molecule has 0 nitrogen and oxygen atoms in total. The number of allylic oxidation sites excluding steroid dienone is 1. The maximum Gasteiger partial charge on any atom is -0.0266 e. The minimum Gasteiger partial charge on any atom is -0.103 e. The first kappa shape index (κ1) is 39.7. The van der Waals surface area contributed by atoms with Crippen LogP contribution in [0.4, 0.5) is 0 Å². The van der Waals surface area contributed by atoms with Crippen LogP contribution in [0.3, 0.4) is 0 Å². The van der Waals surface area contributed by atoms with Gasteiger partial charge in [0.15, 0.2) is 0 Å². The largest absolute Gasteiger partial charge is 0.103 e. The third kappa shape index (κ3) is 12.2. The normalized spacial score (nSPS) is 19.6. The van der Waals surface area contributed by atoms with E-state index in [1.54, 1.807) is 0 Å². The second-order valence-electron chi connectivity index (χ2n) is 16.1. The Morgan fingerprint density at radius 3 is 1.68 bits per heavy atom. The fourth-order valence-electron chi connectivity index (χ4n) is 8.68. The van der Waals surface area contributed by atoms with E-state index in [4.69, 9.17) is 0 Å². The van der Waals surface area contributed by atoms with E-state index in [1.807, 2.05) is 0 Å². The first-order chi connectivity index (χ1) is 18.7. The van der Waals surface area contributed by atoms with E-state index in [0.717, 1.165) is 47.8 Å². The fourth-order valence-corrected chi connectivity index (χ4v) is 8.68. The monoisotopic (exact) mass is 561 g/mol. The highest BCUT2D eigenvalue weighted by atomic mass is 14.5. The van der Waals surface area contributed by atoms with Crippen LogP contribution in [0.1, 0.15) is 187 Å². The summed E-state index contributed by atoms with van der Waals surface area (Å²) in [4.78, 5) is 0. The summed E-state index contributed by atoms with van der Waals surface area (Å²) in [6, 6.07) is 0. The lowest BCUT2D eigenvalue weighted by Crippen LogP contribution is -2.42. The van der Waals surface area contributed by atoms with Gasteiger partial charge in [-0.15, -0.1) is 6.58 Å². The topological polar surface area (TPSA) is 0 Å². The average molecular weight is 561 g/mol. The van der Waals surface area contributed by atoms with Crippen molar-refractivity contribution in [2.24, 2.45) is 57.7 Å². The van der Waals surface area contributed by atoms with Crippen molar-refractivity contribution in [1.82, 2.24) is 0 Å². The van der Waals surface area contributed by atoms with Gasteiger partial charge in [-0.05, 0) is 103 Å². The van der Waals surface area contributed by atoms with Crippen molar-refractivity contribution >= 4 is 0 Å². The maximum absolute atomic E-state index is 4.07. The van der Waals surface area contributed by atoms with E-state index in [1.165, 1.54) is 83.5 Å². The molecule has 7 unspecified atom stereocenters. The Morgan fingerprint density at radius 2 is 1.25 bits per heavy atom. The number of hydrogen-bond donors (Lipinski definition) is 0. The van der Waals surface area contributed by atoms with Gasteiger partial charge in [0, 0.05) is 0 Å². The van der Waals surface area contributed by atoms with Gasteiger partial charge in [0.2, 0.25) is 0 Å². The van der Waals surface area contributed by atoms with Gasteiger partial charge in [-0.3, -0.25) is 0 Å². The third-order valence-electron chi connectivity index (χ3n) is 12.4. The average Bonchev–Trinajstić information content (AvgIpc) is 2.91. The summed E-state index contributed by atoms with van der Waals surface area (Å²) in [5, 5.41) is 0.